The molecule has 77 heavy (non-hydrogen) atoms. The van der Waals surface area contributed by atoms with Gasteiger partial charge in [0, 0.05) is 85.6 Å². The van der Waals surface area contributed by atoms with Crippen molar-refractivity contribution < 1.29 is 38.5 Å². The van der Waals surface area contributed by atoms with Crippen LogP contribution in [-0.4, -0.2) is 132 Å². The largest absolute Gasteiger partial charge is 0.391 e. The van der Waals surface area contributed by atoms with Crippen LogP contribution in [0.15, 0.2) is 71.1 Å². The molecule has 0 radical (unpaired) electrons. The number of pyridine rings is 2. The molecule has 6 heterocycles. The van der Waals surface area contributed by atoms with Crippen LogP contribution in [0.3, 0.4) is 0 Å². The smallest absolute Gasteiger partial charge is 0.253 e. The predicted molar refractivity (Wildman–Crippen MR) is 298 cm³/mol. The fourth-order valence-electron chi connectivity index (χ4n) is 10.7. The van der Waals surface area contributed by atoms with Gasteiger partial charge in [0.1, 0.15) is 24.5 Å². The summed E-state index contributed by atoms with van der Waals surface area (Å²) in [5.41, 5.74) is 10.3. The molecule has 412 valence electrons. The van der Waals surface area contributed by atoms with E-state index in [0.717, 1.165) is 81.0 Å². The Bertz CT molecular complexity index is 2930. The van der Waals surface area contributed by atoms with E-state index in [-0.39, 0.29) is 68.8 Å². The number of aliphatic hydroxyl groups is 1. The van der Waals surface area contributed by atoms with Crippen LogP contribution in [0.2, 0.25) is 0 Å². The lowest BCUT2D eigenvalue weighted by molar-refractivity contribution is -0.144. The summed E-state index contributed by atoms with van der Waals surface area (Å²) in [6, 6.07) is 16.1. The second-order valence-corrected chi connectivity index (χ2v) is 22.5. The molecule has 19 heteroatoms. The van der Waals surface area contributed by atoms with E-state index in [4.69, 9.17) is 19.2 Å². The lowest BCUT2D eigenvalue weighted by atomic mass is 9.85. The van der Waals surface area contributed by atoms with Gasteiger partial charge in [-0.25, -0.2) is 9.97 Å². The van der Waals surface area contributed by atoms with Crippen molar-refractivity contribution >= 4 is 46.5 Å². The molecular weight excluding hydrogens is 999 g/mol. The number of carbonyl (C=O) groups excluding carboxylic acids is 4. The molecule has 0 saturated carbocycles. The number of β-amino-alcohol motifs (C(OH)–C–C–N with tert-alkyl or cyclic N) is 1. The van der Waals surface area contributed by atoms with E-state index >= 15 is 0 Å². The van der Waals surface area contributed by atoms with Crippen molar-refractivity contribution in [2.75, 3.05) is 62.9 Å². The number of benzene rings is 2. The van der Waals surface area contributed by atoms with Crippen LogP contribution in [0.1, 0.15) is 110 Å². The Kier molecular flexibility index (Phi) is 18.6. The number of hydrogen-bond acceptors (Lipinski definition) is 14. The number of anilines is 2. The molecule has 2 fully saturated rings. The van der Waals surface area contributed by atoms with E-state index in [0.29, 0.717) is 49.4 Å². The van der Waals surface area contributed by atoms with Crippen molar-refractivity contribution in [2.24, 2.45) is 5.41 Å². The van der Waals surface area contributed by atoms with Crippen LogP contribution in [0.5, 0.6) is 0 Å². The maximum atomic E-state index is 14.1. The summed E-state index contributed by atoms with van der Waals surface area (Å²) in [7, 11) is 0. The molecule has 8 rings (SSSR count). The number of carbonyl (C=O) groups is 4. The van der Waals surface area contributed by atoms with Crippen molar-refractivity contribution in [1.29, 1.82) is 0 Å². The number of aromatic nitrogens is 3. The number of likely N-dealkylation sites (tertiary alicyclic amines) is 1. The van der Waals surface area contributed by atoms with Crippen LogP contribution in [0.25, 0.3) is 21.6 Å². The summed E-state index contributed by atoms with van der Waals surface area (Å²) < 4.78 is 17.1. The Labute approximate surface area is 455 Å². The number of nitrogens with zero attached hydrogens (tertiary/aromatic N) is 4. The minimum Gasteiger partial charge on any atom is -0.391 e. The summed E-state index contributed by atoms with van der Waals surface area (Å²) in [5.74, 6) is -0.907. The molecule has 4 amide bonds. The van der Waals surface area contributed by atoms with Gasteiger partial charge in [0.15, 0.2) is 0 Å². The Balaban J connectivity index is 0.804. The first-order chi connectivity index (χ1) is 36.9. The van der Waals surface area contributed by atoms with Gasteiger partial charge in [0.05, 0.1) is 48.0 Å². The number of aliphatic hydroxyl groups excluding tert-OH is 1. The van der Waals surface area contributed by atoms with E-state index < -0.39 is 35.4 Å². The van der Waals surface area contributed by atoms with E-state index in [1.165, 1.54) is 4.90 Å². The molecule has 2 aromatic carbocycles. The minimum absolute atomic E-state index is 0.0321. The molecule has 3 aliphatic heterocycles. The lowest BCUT2D eigenvalue weighted by Gasteiger charge is -2.44. The summed E-state index contributed by atoms with van der Waals surface area (Å²) in [5, 5.41) is 22.9. The third kappa shape index (κ3) is 14.0. The van der Waals surface area contributed by atoms with Gasteiger partial charge >= 0.3 is 0 Å². The number of H-pyrrole nitrogens is 1. The quantitative estimate of drug-likeness (QED) is 0.0455. The van der Waals surface area contributed by atoms with E-state index in [9.17, 15) is 29.1 Å². The summed E-state index contributed by atoms with van der Waals surface area (Å²) in [6.07, 6.45) is 4.48. The maximum Gasteiger partial charge on any atom is 0.253 e. The molecule has 3 unspecified atom stereocenters. The zero-order chi connectivity index (χ0) is 55.0. The highest BCUT2D eigenvalue weighted by atomic mass is 32.1. The van der Waals surface area contributed by atoms with E-state index in [1.807, 2.05) is 103 Å². The van der Waals surface area contributed by atoms with Gasteiger partial charge in [-0.05, 0) is 124 Å². The molecule has 5 atom stereocenters. The standard InChI is InChI=1S/C58H75N9O9S/c1-34-25-35(2)63-55(71)47(34)30-61-54(70)46-26-42(27-48-45(46)15-9-36(3)67(48)43-17-20-74-21-18-43)41-14-16-50(60-29-41)59-19-22-75-23-24-76-32-51(69)65-53(58(6,7)8)57(73)66-31-44(68)28-49(66)56(72)64-37(4)39-10-12-40(13-11-39)52-38(5)62-33-77-52/h10-14,16,25-27,29,33,36-37,43-44,49,53,68H,9,15,17-24,28,30-32H2,1-8H3,(H,59,60)(H,61,70)(H,63,71)(H,64,72)(H,65,69)/t36?,37?,44-,49+,53?/m1/s1. The number of thiazole rings is 1. The number of ether oxygens (including phenoxy) is 3. The fourth-order valence-corrected chi connectivity index (χ4v) is 11.5. The van der Waals surface area contributed by atoms with Crippen LogP contribution in [0.4, 0.5) is 11.5 Å². The summed E-state index contributed by atoms with van der Waals surface area (Å²) >= 11 is 1.57. The average Bonchev–Trinajstić information content (AvgIpc) is 4.06. The molecule has 0 bridgehead atoms. The van der Waals surface area contributed by atoms with Gasteiger partial charge in [-0.1, -0.05) is 45.0 Å². The van der Waals surface area contributed by atoms with Crippen LogP contribution in [0, 0.1) is 26.2 Å². The summed E-state index contributed by atoms with van der Waals surface area (Å²) in [4.78, 5) is 84.8. The highest BCUT2D eigenvalue weighted by Gasteiger charge is 2.45. The highest BCUT2D eigenvalue weighted by molar-refractivity contribution is 7.13. The number of fused-ring (bicyclic) bond motifs is 1. The molecule has 2 saturated heterocycles. The van der Waals surface area contributed by atoms with Gasteiger partial charge in [-0.3, -0.25) is 24.0 Å². The molecule has 0 aliphatic carbocycles. The molecule has 3 aromatic heterocycles. The van der Waals surface area contributed by atoms with Crippen molar-refractivity contribution in [3.05, 3.63) is 116 Å². The van der Waals surface area contributed by atoms with Gasteiger partial charge in [0.2, 0.25) is 17.7 Å². The first kappa shape index (κ1) is 56.7. The molecule has 6 N–H and O–H groups in total. The van der Waals surface area contributed by atoms with Crippen molar-refractivity contribution in [3.63, 3.8) is 0 Å². The van der Waals surface area contributed by atoms with E-state index in [2.05, 4.69) is 49.1 Å². The third-order valence-electron chi connectivity index (χ3n) is 14.9. The average molecular weight is 1070 g/mol. The monoisotopic (exact) mass is 1070 g/mol. The zero-order valence-electron chi connectivity index (χ0n) is 45.6. The van der Waals surface area contributed by atoms with Crippen molar-refractivity contribution in [2.45, 2.75) is 130 Å². The Morgan fingerprint density at radius 1 is 0.922 bits per heavy atom. The Hall–Kier alpha value is -6.51. The van der Waals surface area contributed by atoms with Crippen molar-refractivity contribution in [1.82, 2.24) is 35.8 Å². The number of aromatic amines is 1. The lowest BCUT2D eigenvalue weighted by Crippen LogP contribution is -2.58. The van der Waals surface area contributed by atoms with Crippen LogP contribution >= 0.6 is 11.3 Å². The van der Waals surface area contributed by atoms with Gasteiger partial charge < -0.3 is 55.4 Å². The molecule has 18 nitrogen and oxygen atoms in total. The Morgan fingerprint density at radius 2 is 1.66 bits per heavy atom. The van der Waals surface area contributed by atoms with Gasteiger partial charge in [-0.2, -0.15) is 0 Å². The second-order valence-electron chi connectivity index (χ2n) is 21.7. The molecular formula is C58H75N9O9S. The molecule has 5 aromatic rings. The van der Waals surface area contributed by atoms with Crippen molar-refractivity contribution in [3.8, 4) is 21.6 Å². The minimum atomic E-state index is -0.990. The number of hydrogen-bond donors (Lipinski definition) is 6. The molecule has 0 spiro atoms. The number of nitrogens with one attached hydrogen (secondary N) is 5. The van der Waals surface area contributed by atoms with Crippen LogP contribution in [-0.2, 0) is 41.6 Å². The Morgan fingerprint density at radius 3 is 2.35 bits per heavy atom. The number of rotatable bonds is 20. The number of aryl methyl sites for hydroxylation is 3. The normalized spacial score (nSPS) is 18.6. The van der Waals surface area contributed by atoms with E-state index in [1.54, 1.807) is 17.5 Å². The topological polar surface area (TPSA) is 229 Å². The third-order valence-corrected chi connectivity index (χ3v) is 15.8. The SMILES string of the molecule is Cc1cc(C)c(CNC(=O)c2cc(-c3ccc(NCCOCCOCC(=O)NC(C(=O)N4C[C@H](O)C[C@H]4C(=O)NC(C)c4ccc(-c5scnc5C)cc4)C(C)(C)C)nc3)cc3c2CCC(C)N3C2CCOCC2)c(=O)[nH]1. The number of amides is 4. The first-order valence-corrected chi connectivity index (χ1v) is 27.7. The maximum absolute atomic E-state index is 14.1. The fraction of sp³-hybridized carbons (Fsp3) is 0.500. The second kappa shape index (κ2) is 25.3. The first-order valence-electron chi connectivity index (χ1n) is 26.8. The summed E-state index contributed by atoms with van der Waals surface area (Å²) in [6.45, 7) is 17.6. The van der Waals surface area contributed by atoms with Gasteiger partial charge in [0.25, 0.3) is 11.5 Å². The van der Waals surface area contributed by atoms with Gasteiger partial charge in [-0.15, -0.1) is 11.3 Å². The predicted octanol–water partition coefficient (Wildman–Crippen LogP) is 6.55. The van der Waals surface area contributed by atoms with Crippen LogP contribution < -0.4 is 31.7 Å². The highest BCUT2D eigenvalue weighted by Crippen LogP contribution is 2.40. The zero-order valence-corrected chi connectivity index (χ0v) is 46.4. The molecule has 3 aliphatic rings.